The van der Waals surface area contributed by atoms with Crippen LogP contribution < -0.4 is 4.90 Å². The Labute approximate surface area is 145 Å². The van der Waals surface area contributed by atoms with Crippen molar-refractivity contribution in [3.63, 3.8) is 0 Å². The molecular formula is C16H20F2N2O4S. The van der Waals surface area contributed by atoms with Crippen molar-refractivity contribution in [2.45, 2.75) is 25.8 Å². The number of hydrogen-bond acceptors (Lipinski definition) is 4. The van der Waals surface area contributed by atoms with Gasteiger partial charge in [0, 0.05) is 39.0 Å². The summed E-state index contributed by atoms with van der Waals surface area (Å²) < 4.78 is 49.9. The minimum Gasteiger partial charge on any atom is -0.342 e. The number of amides is 2. The second-order valence-electron chi connectivity index (χ2n) is 6.08. The molecule has 138 valence electrons. The number of carbonyl (C=O) groups is 2. The first-order valence-electron chi connectivity index (χ1n) is 7.80. The maximum atomic E-state index is 13.9. The van der Waals surface area contributed by atoms with E-state index in [1.54, 1.807) is 0 Å². The molecule has 1 atom stereocenters. The molecule has 25 heavy (non-hydrogen) atoms. The van der Waals surface area contributed by atoms with E-state index in [1.165, 1.54) is 18.9 Å². The summed E-state index contributed by atoms with van der Waals surface area (Å²) in [6, 6.07) is 2.46. The van der Waals surface area contributed by atoms with E-state index in [1.807, 2.05) is 0 Å². The van der Waals surface area contributed by atoms with Crippen molar-refractivity contribution in [2.24, 2.45) is 0 Å². The van der Waals surface area contributed by atoms with E-state index < -0.39 is 27.4 Å². The van der Waals surface area contributed by atoms with Crippen molar-refractivity contribution in [3.8, 4) is 0 Å². The molecule has 1 heterocycles. The lowest BCUT2D eigenvalue weighted by Gasteiger charge is -2.26. The van der Waals surface area contributed by atoms with Gasteiger partial charge in [-0.15, -0.1) is 0 Å². The van der Waals surface area contributed by atoms with Crippen LogP contribution in [0, 0.1) is 11.6 Å². The lowest BCUT2D eigenvalue weighted by Crippen LogP contribution is -2.40. The maximum absolute atomic E-state index is 13.9. The summed E-state index contributed by atoms with van der Waals surface area (Å²) in [5, 5.41) is 0. The van der Waals surface area contributed by atoms with E-state index in [0.717, 1.165) is 17.0 Å². The molecule has 2 amide bonds. The van der Waals surface area contributed by atoms with Gasteiger partial charge in [-0.25, -0.2) is 17.2 Å². The molecule has 1 unspecified atom stereocenters. The van der Waals surface area contributed by atoms with Crippen LogP contribution in [0.4, 0.5) is 14.5 Å². The molecule has 0 aromatic heterocycles. The first kappa shape index (κ1) is 19.3. The van der Waals surface area contributed by atoms with Gasteiger partial charge in [-0.1, -0.05) is 0 Å². The fourth-order valence-corrected chi connectivity index (χ4v) is 4.59. The highest BCUT2D eigenvalue weighted by Crippen LogP contribution is 2.22. The van der Waals surface area contributed by atoms with Crippen LogP contribution in [0.15, 0.2) is 18.2 Å². The normalized spacial score (nSPS) is 18.8. The number of anilines is 1. The van der Waals surface area contributed by atoms with E-state index in [4.69, 9.17) is 0 Å². The third-order valence-corrected chi connectivity index (χ3v) is 6.03. The van der Waals surface area contributed by atoms with Crippen LogP contribution in [0.25, 0.3) is 0 Å². The fourth-order valence-electron chi connectivity index (χ4n) is 2.82. The zero-order valence-corrected chi connectivity index (χ0v) is 14.9. The largest absolute Gasteiger partial charge is 0.342 e. The molecule has 0 bridgehead atoms. The van der Waals surface area contributed by atoms with E-state index in [9.17, 15) is 26.8 Å². The van der Waals surface area contributed by atoms with Gasteiger partial charge in [0.25, 0.3) is 0 Å². The lowest BCUT2D eigenvalue weighted by atomic mass is 10.2. The molecule has 9 heteroatoms. The van der Waals surface area contributed by atoms with Crippen molar-refractivity contribution in [1.29, 1.82) is 0 Å². The van der Waals surface area contributed by atoms with Crippen molar-refractivity contribution >= 4 is 27.3 Å². The summed E-state index contributed by atoms with van der Waals surface area (Å²) in [7, 11) is -1.60. The van der Waals surface area contributed by atoms with Gasteiger partial charge in [-0.05, 0) is 18.6 Å². The average molecular weight is 374 g/mol. The highest BCUT2D eigenvalue weighted by Gasteiger charge is 2.32. The van der Waals surface area contributed by atoms with Gasteiger partial charge < -0.3 is 9.80 Å². The van der Waals surface area contributed by atoms with E-state index in [-0.39, 0.29) is 42.1 Å². The van der Waals surface area contributed by atoms with Crippen molar-refractivity contribution in [1.82, 2.24) is 4.90 Å². The van der Waals surface area contributed by atoms with Crippen LogP contribution in [0.5, 0.6) is 0 Å². The zero-order valence-electron chi connectivity index (χ0n) is 14.0. The highest BCUT2D eigenvalue weighted by atomic mass is 32.2. The molecule has 1 aliphatic heterocycles. The predicted molar refractivity (Wildman–Crippen MR) is 88.8 cm³/mol. The molecule has 1 aliphatic rings. The van der Waals surface area contributed by atoms with Crippen LogP contribution in [0.3, 0.4) is 0 Å². The van der Waals surface area contributed by atoms with E-state index >= 15 is 0 Å². The molecule has 0 saturated carbocycles. The predicted octanol–water partition coefficient (Wildman–Crippen LogP) is 1.35. The van der Waals surface area contributed by atoms with E-state index in [2.05, 4.69) is 0 Å². The standard InChI is InChI=1S/C16H20F2N2O4S/c1-11(21)20(15-4-3-12(17)9-14(15)18)7-5-16(22)19(2)13-6-8-25(23,24)10-13/h3-4,9,13H,5-8,10H2,1-2H3. The SMILES string of the molecule is CC(=O)N(CCC(=O)N(C)C1CCS(=O)(=O)C1)c1ccc(F)cc1F. The second kappa shape index (κ2) is 7.47. The van der Waals surface area contributed by atoms with Crippen molar-refractivity contribution in [3.05, 3.63) is 29.8 Å². The Morgan fingerprint density at radius 1 is 1.28 bits per heavy atom. The summed E-state index contributed by atoms with van der Waals surface area (Å²) in [5.41, 5.74) is -0.104. The molecule has 6 nitrogen and oxygen atoms in total. The van der Waals surface area contributed by atoms with Crippen LogP contribution in [-0.2, 0) is 19.4 Å². The molecule has 0 spiro atoms. The molecule has 1 saturated heterocycles. The number of halogens is 2. The van der Waals surface area contributed by atoms with Crippen molar-refractivity contribution < 1.29 is 26.8 Å². The Morgan fingerprint density at radius 2 is 1.96 bits per heavy atom. The Kier molecular flexibility index (Phi) is 5.76. The Hall–Kier alpha value is -2.03. The highest BCUT2D eigenvalue weighted by molar-refractivity contribution is 7.91. The first-order valence-corrected chi connectivity index (χ1v) is 9.62. The van der Waals surface area contributed by atoms with Crippen LogP contribution in [0.1, 0.15) is 19.8 Å². The summed E-state index contributed by atoms with van der Waals surface area (Å²) in [6.45, 7) is 1.14. The summed E-state index contributed by atoms with van der Waals surface area (Å²) in [4.78, 5) is 26.5. The second-order valence-corrected chi connectivity index (χ2v) is 8.31. The van der Waals surface area contributed by atoms with Gasteiger partial charge in [0.05, 0.1) is 17.2 Å². The quantitative estimate of drug-likeness (QED) is 0.780. The fraction of sp³-hybridized carbons (Fsp3) is 0.500. The maximum Gasteiger partial charge on any atom is 0.224 e. The molecule has 2 rings (SSSR count). The number of hydrogen-bond donors (Lipinski definition) is 0. The van der Waals surface area contributed by atoms with Crippen LogP contribution in [-0.4, -0.2) is 56.3 Å². The summed E-state index contributed by atoms with van der Waals surface area (Å²) in [6.07, 6.45) is 0.289. The third-order valence-electron chi connectivity index (χ3n) is 4.28. The Morgan fingerprint density at radius 3 is 2.48 bits per heavy atom. The van der Waals surface area contributed by atoms with Gasteiger partial charge in [-0.2, -0.15) is 0 Å². The number of benzene rings is 1. The first-order chi connectivity index (χ1) is 11.6. The van der Waals surface area contributed by atoms with Gasteiger partial charge in [0.1, 0.15) is 11.6 Å². The van der Waals surface area contributed by atoms with Gasteiger partial charge in [-0.3, -0.25) is 9.59 Å². The Balaban J connectivity index is 2.03. The van der Waals surface area contributed by atoms with Crippen LogP contribution >= 0.6 is 0 Å². The molecule has 0 N–H and O–H groups in total. The van der Waals surface area contributed by atoms with Crippen molar-refractivity contribution in [2.75, 3.05) is 30.0 Å². The number of carbonyl (C=O) groups excluding carboxylic acids is 2. The monoisotopic (exact) mass is 374 g/mol. The summed E-state index contributed by atoms with van der Waals surface area (Å²) >= 11 is 0. The molecular weight excluding hydrogens is 354 g/mol. The number of nitrogens with zero attached hydrogens (tertiary/aromatic N) is 2. The minimum absolute atomic E-state index is 0.0512. The van der Waals surface area contributed by atoms with E-state index in [0.29, 0.717) is 12.5 Å². The third kappa shape index (κ3) is 4.75. The number of rotatable bonds is 5. The molecule has 0 radical (unpaired) electrons. The lowest BCUT2D eigenvalue weighted by molar-refractivity contribution is -0.131. The summed E-state index contributed by atoms with van der Waals surface area (Å²) in [5.74, 6) is -2.49. The topological polar surface area (TPSA) is 74.8 Å². The molecule has 1 aromatic carbocycles. The molecule has 1 aromatic rings. The van der Waals surface area contributed by atoms with Gasteiger partial charge >= 0.3 is 0 Å². The van der Waals surface area contributed by atoms with Gasteiger partial charge in [0.2, 0.25) is 11.8 Å². The minimum atomic E-state index is -3.11. The Bertz CT molecular complexity index is 782. The van der Waals surface area contributed by atoms with Gasteiger partial charge in [0.15, 0.2) is 9.84 Å². The number of sulfone groups is 1. The van der Waals surface area contributed by atoms with Crippen LogP contribution in [0.2, 0.25) is 0 Å². The molecule has 1 fully saturated rings. The molecule has 0 aliphatic carbocycles. The zero-order chi connectivity index (χ0) is 18.8. The average Bonchev–Trinajstić information content (AvgIpc) is 2.88. The smallest absolute Gasteiger partial charge is 0.224 e.